The number of aliphatic imine (C=N–C) groups is 1. The number of esters is 1. The number of alkyl halides is 6. The molecule has 0 spiro atoms. The zero-order valence-electron chi connectivity index (χ0n) is 13.0. The van der Waals surface area contributed by atoms with Gasteiger partial charge in [-0.2, -0.15) is 26.3 Å². The number of carbonyl (C=O) groups excluding carboxylic acids is 1. The number of carbonyl (C=O) groups is 1. The Hall–Kier alpha value is -1.97. The molecule has 0 atom stereocenters. The highest BCUT2D eigenvalue weighted by atomic mass is 35.5. The fraction of sp³-hybridized carbons (Fsp3) is 0.429. The summed E-state index contributed by atoms with van der Waals surface area (Å²) in [7, 11) is 0.980. The summed E-state index contributed by atoms with van der Waals surface area (Å²) in [5.74, 6) is -0.971. The summed E-state index contributed by atoms with van der Waals surface area (Å²) >= 11 is 5.81. The van der Waals surface area contributed by atoms with Crippen LogP contribution in [0.25, 0.3) is 0 Å². The summed E-state index contributed by atoms with van der Waals surface area (Å²) in [4.78, 5) is 15.6. The fourth-order valence-corrected chi connectivity index (χ4v) is 2.06. The Kier molecular flexibility index (Phi) is 6.69. The van der Waals surface area contributed by atoms with E-state index >= 15 is 0 Å². The van der Waals surface area contributed by atoms with E-state index in [0.29, 0.717) is 17.3 Å². The SMILES string of the molecule is CCOC(=O)c1ccc(C(F)(F)F)c(N=CN(C)CC(F)(F)F)c1Cl. The molecule has 0 heterocycles. The van der Waals surface area contributed by atoms with Gasteiger partial charge in [-0.3, -0.25) is 0 Å². The second-order valence-corrected chi connectivity index (χ2v) is 5.19. The van der Waals surface area contributed by atoms with Gasteiger partial charge in [-0.1, -0.05) is 11.6 Å². The molecule has 0 fully saturated rings. The van der Waals surface area contributed by atoms with Gasteiger partial charge in [-0.05, 0) is 19.1 Å². The van der Waals surface area contributed by atoms with E-state index in [2.05, 4.69) is 9.73 Å². The predicted octanol–water partition coefficient (Wildman–Crippen LogP) is 4.69. The molecule has 25 heavy (non-hydrogen) atoms. The average Bonchev–Trinajstić information content (AvgIpc) is 2.42. The molecule has 0 saturated carbocycles. The summed E-state index contributed by atoms with van der Waals surface area (Å²) in [6.07, 6.45) is -8.88. The monoisotopic (exact) mass is 390 g/mol. The largest absolute Gasteiger partial charge is 0.462 e. The zero-order valence-corrected chi connectivity index (χ0v) is 13.8. The summed E-state index contributed by atoms with van der Waals surface area (Å²) < 4.78 is 80.6. The van der Waals surface area contributed by atoms with Crippen molar-refractivity contribution in [1.82, 2.24) is 4.90 Å². The third-order valence-corrected chi connectivity index (χ3v) is 3.11. The van der Waals surface area contributed by atoms with Gasteiger partial charge in [-0.25, -0.2) is 9.79 Å². The number of ether oxygens (including phenoxy) is 1. The first-order valence-corrected chi connectivity index (χ1v) is 7.12. The molecule has 11 heteroatoms. The Labute approximate surface area is 144 Å². The summed E-state index contributed by atoms with van der Waals surface area (Å²) in [5, 5.41) is -0.662. The highest BCUT2D eigenvalue weighted by Gasteiger charge is 2.36. The number of halogens is 7. The zero-order chi connectivity index (χ0) is 19.4. The van der Waals surface area contributed by atoms with Crippen molar-refractivity contribution in [2.75, 3.05) is 20.2 Å². The quantitative estimate of drug-likeness (QED) is 0.317. The van der Waals surface area contributed by atoms with Gasteiger partial charge in [0.1, 0.15) is 6.54 Å². The van der Waals surface area contributed by atoms with E-state index in [4.69, 9.17) is 11.6 Å². The first-order chi connectivity index (χ1) is 11.4. The van der Waals surface area contributed by atoms with Crippen LogP contribution < -0.4 is 0 Å². The Balaban J connectivity index is 3.33. The van der Waals surface area contributed by atoms with Gasteiger partial charge in [0.25, 0.3) is 0 Å². The van der Waals surface area contributed by atoms with Crippen molar-refractivity contribution < 1.29 is 35.9 Å². The molecule has 0 N–H and O–H groups in total. The third kappa shape index (κ3) is 6.11. The van der Waals surface area contributed by atoms with Crippen LogP contribution in [0.3, 0.4) is 0 Å². The number of rotatable bonds is 5. The van der Waals surface area contributed by atoms with Crippen LogP contribution in [0.15, 0.2) is 17.1 Å². The lowest BCUT2D eigenvalue weighted by Crippen LogP contribution is -2.29. The molecule has 0 aliphatic heterocycles. The molecule has 1 aromatic rings. The van der Waals surface area contributed by atoms with Crippen LogP contribution in [0.4, 0.5) is 32.0 Å². The van der Waals surface area contributed by atoms with Crippen molar-refractivity contribution in [3.8, 4) is 0 Å². The summed E-state index contributed by atoms with van der Waals surface area (Å²) in [6, 6.07) is 1.39. The van der Waals surface area contributed by atoms with Crippen LogP contribution in [0.2, 0.25) is 5.02 Å². The molecule has 0 saturated heterocycles. The van der Waals surface area contributed by atoms with Crippen molar-refractivity contribution in [2.45, 2.75) is 19.3 Å². The van der Waals surface area contributed by atoms with Crippen molar-refractivity contribution in [2.24, 2.45) is 4.99 Å². The van der Waals surface area contributed by atoms with E-state index in [-0.39, 0.29) is 12.2 Å². The maximum absolute atomic E-state index is 13.1. The highest BCUT2D eigenvalue weighted by molar-refractivity contribution is 6.36. The van der Waals surface area contributed by atoms with E-state index < -0.39 is 41.1 Å². The minimum absolute atomic E-state index is 0.0386. The summed E-state index contributed by atoms with van der Waals surface area (Å²) in [6.45, 7) is 0.0250. The van der Waals surface area contributed by atoms with Crippen LogP contribution in [-0.2, 0) is 10.9 Å². The first-order valence-electron chi connectivity index (χ1n) is 6.74. The van der Waals surface area contributed by atoms with Gasteiger partial charge in [0.05, 0.1) is 34.8 Å². The Bertz CT molecular complexity index is 658. The second kappa shape index (κ2) is 7.94. The van der Waals surface area contributed by atoms with Crippen molar-refractivity contribution in [3.05, 3.63) is 28.3 Å². The lowest BCUT2D eigenvalue weighted by atomic mass is 10.1. The molecular weight excluding hydrogens is 378 g/mol. The Morgan fingerprint density at radius 1 is 1.28 bits per heavy atom. The van der Waals surface area contributed by atoms with Crippen molar-refractivity contribution in [3.63, 3.8) is 0 Å². The minimum atomic E-state index is -4.87. The molecule has 0 aromatic heterocycles. The van der Waals surface area contributed by atoms with Crippen molar-refractivity contribution in [1.29, 1.82) is 0 Å². The highest BCUT2D eigenvalue weighted by Crippen LogP contribution is 2.42. The minimum Gasteiger partial charge on any atom is -0.462 e. The lowest BCUT2D eigenvalue weighted by Gasteiger charge is -2.17. The van der Waals surface area contributed by atoms with Gasteiger partial charge in [0, 0.05) is 7.05 Å². The molecule has 0 radical (unpaired) electrons. The Morgan fingerprint density at radius 2 is 1.88 bits per heavy atom. The molecule has 1 aromatic carbocycles. The fourth-order valence-electron chi connectivity index (χ4n) is 1.77. The maximum Gasteiger partial charge on any atom is 0.418 e. The number of hydrogen-bond acceptors (Lipinski definition) is 3. The molecule has 0 aliphatic carbocycles. The van der Waals surface area contributed by atoms with E-state index in [9.17, 15) is 31.1 Å². The van der Waals surface area contributed by atoms with E-state index in [1.54, 1.807) is 0 Å². The lowest BCUT2D eigenvalue weighted by molar-refractivity contribution is -0.137. The van der Waals surface area contributed by atoms with Crippen LogP contribution >= 0.6 is 11.6 Å². The maximum atomic E-state index is 13.1. The number of benzene rings is 1. The smallest absolute Gasteiger partial charge is 0.418 e. The van der Waals surface area contributed by atoms with Crippen molar-refractivity contribution >= 4 is 29.6 Å². The topological polar surface area (TPSA) is 41.9 Å². The number of nitrogens with zero attached hydrogens (tertiary/aromatic N) is 2. The predicted molar refractivity (Wildman–Crippen MR) is 79.2 cm³/mol. The molecule has 0 unspecified atom stereocenters. The second-order valence-electron chi connectivity index (χ2n) is 4.82. The molecule has 1 rings (SSSR count). The summed E-state index contributed by atoms with van der Waals surface area (Å²) in [5.41, 5.74) is -2.53. The number of hydrogen-bond donors (Lipinski definition) is 0. The molecule has 4 nitrogen and oxygen atoms in total. The molecular formula is C14H13ClF6N2O2. The van der Waals surface area contributed by atoms with Crippen LogP contribution in [-0.4, -0.2) is 43.6 Å². The first kappa shape index (κ1) is 21.1. The van der Waals surface area contributed by atoms with Crippen LogP contribution in [0.1, 0.15) is 22.8 Å². The van der Waals surface area contributed by atoms with E-state index in [0.717, 1.165) is 13.1 Å². The van der Waals surface area contributed by atoms with E-state index in [1.807, 2.05) is 0 Å². The van der Waals surface area contributed by atoms with Gasteiger partial charge < -0.3 is 9.64 Å². The standard InChI is InChI=1S/C14H13ClF6N2O2/c1-3-25-12(24)8-4-5-9(14(19,20)21)11(10(8)15)22-7-23(2)6-13(16,17)18/h4-5,7H,3,6H2,1-2H3. The van der Waals surface area contributed by atoms with E-state index in [1.165, 1.54) is 6.92 Å². The Morgan fingerprint density at radius 3 is 2.36 bits per heavy atom. The van der Waals surface area contributed by atoms with Gasteiger partial charge >= 0.3 is 18.3 Å². The normalized spacial score (nSPS) is 12.5. The molecule has 0 bridgehead atoms. The molecule has 0 aliphatic rings. The van der Waals surface area contributed by atoms with Gasteiger partial charge in [0.15, 0.2) is 0 Å². The molecule has 140 valence electrons. The van der Waals surface area contributed by atoms with Gasteiger partial charge in [0.2, 0.25) is 0 Å². The third-order valence-electron chi connectivity index (χ3n) is 2.73. The average molecular weight is 391 g/mol. The molecule has 0 amide bonds. The van der Waals surface area contributed by atoms with Gasteiger partial charge in [-0.15, -0.1) is 0 Å². The van der Waals surface area contributed by atoms with Crippen LogP contribution in [0, 0.1) is 0 Å². The van der Waals surface area contributed by atoms with Crippen LogP contribution in [0.5, 0.6) is 0 Å².